The van der Waals surface area contributed by atoms with Crippen molar-refractivity contribution in [2.24, 2.45) is 0 Å². The van der Waals surface area contributed by atoms with Crippen molar-refractivity contribution < 1.29 is 43.0 Å². The maximum atomic E-state index is 12.4. The molecule has 3 N–H and O–H groups in total. The van der Waals surface area contributed by atoms with Gasteiger partial charge in [0.05, 0.1) is 12.7 Å². The van der Waals surface area contributed by atoms with Crippen molar-refractivity contribution >= 4 is 19.8 Å². The van der Waals surface area contributed by atoms with E-state index in [1.807, 2.05) is 12.2 Å². The van der Waals surface area contributed by atoms with Crippen LogP contribution in [-0.2, 0) is 28.2 Å². The van der Waals surface area contributed by atoms with E-state index in [9.17, 15) is 19.3 Å². The Bertz CT molecular complexity index is 1260. The third kappa shape index (κ3) is 43.9. The first-order valence-electron chi connectivity index (χ1n) is 21.6. The molecule has 0 radical (unpaired) electrons. The molecule has 0 bridgehead atoms. The summed E-state index contributed by atoms with van der Waals surface area (Å²) in [4.78, 5) is 42.9. The highest BCUT2D eigenvalue weighted by molar-refractivity contribution is 7.46. The second-order valence-corrected chi connectivity index (χ2v) is 15.4. The Kier molecular flexibility index (Phi) is 38.9. The molecule has 10 heteroatoms. The van der Waals surface area contributed by atoms with Gasteiger partial charge in [-0.3, -0.25) is 14.1 Å². The zero-order valence-corrected chi connectivity index (χ0v) is 36.2. The maximum Gasteiger partial charge on any atom is 0.469 e. The second kappa shape index (κ2) is 41.1. The molecule has 0 aliphatic heterocycles. The van der Waals surface area contributed by atoms with E-state index in [-0.39, 0.29) is 19.4 Å². The van der Waals surface area contributed by atoms with Crippen LogP contribution in [0.2, 0.25) is 0 Å². The summed E-state index contributed by atoms with van der Waals surface area (Å²) in [5.41, 5.74) is 0. The average Bonchev–Trinajstić information content (AvgIpc) is 3.18. The van der Waals surface area contributed by atoms with Crippen LogP contribution in [0, 0.1) is 0 Å². The van der Waals surface area contributed by atoms with Crippen LogP contribution in [0.3, 0.4) is 0 Å². The van der Waals surface area contributed by atoms with E-state index in [1.54, 1.807) is 24.3 Å². The maximum absolute atomic E-state index is 12.4. The lowest BCUT2D eigenvalue weighted by Gasteiger charge is -2.18. The predicted octanol–water partition coefficient (Wildman–Crippen LogP) is 12.4. The minimum Gasteiger partial charge on any atom is -0.462 e. The molecule has 0 aliphatic rings. The van der Waals surface area contributed by atoms with E-state index >= 15 is 0 Å². The van der Waals surface area contributed by atoms with Gasteiger partial charge in [0.1, 0.15) is 6.61 Å². The molecule has 324 valence electrons. The summed E-state index contributed by atoms with van der Waals surface area (Å²) in [5.74, 6) is -1.08. The van der Waals surface area contributed by atoms with Gasteiger partial charge in [0, 0.05) is 12.8 Å². The molecule has 0 rings (SSSR count). The quantitative estimate of drug-likeness (QED) is 0.0183. The Morgan fingerprint density at radius 1 is 0.561 bits per heavy atom. The first kappa shape index (κ1) is 53.9. The average molecular weight is 817 g/mol. The SMILES string of the molecule is CC/C=C\C/C=C\C/C=C\C/C=C\C=C/C(O)C/C=C\CCC(=O)O[C@H](COC(=O)CCCCCCCCCCC/C=C\C/C=C\CCCCC)COP(=O)(O)O. The fourth-order valence-electron chi connectivity index (χ4n) is 5.45. The van der Waals surface area contributed by atoms with E-state index in [0.717, 1.165) is 57.8 Å². The Morgan fingerprint density at radius 2 is 1.09 bits per heavy atom. The molecular weight excluding hydrogens is 739 g/mol. The molecule has 0 aliphatic carbocycles. The number of hydrogen-bond acceptors (Lipinski definition) is 7. The predicted molar refractivity (Wildman–Crippen MR) is 236 cm³/mol. The topological polar surface area (TPSA) is 140 Å². The standard InChI is InChI=1S/C47H77O9P/c1-3-5-7-9-11-13-15-17-18-19-20-21-22-24-26-28-30-32-36-40-46(49)54-42-45(43-55-57(51,52)53)56-47(50)41-37-33-35-39-44(48)38-34-31-29-27-25-23-16-14-12-10-8-6-4-2/h6,8,11-14,17-18,23,25,29,31,33-35,38,44-45,48H,3-5,7,9-10,15-16,19-22,24,26-28,30,32,36-37,39-43H2,1-2H3,(H2,51,52,53)/b8-6-,13-11-,14-12-,18-17-,25-23-,31-29-,35-33-,38-34-/t44?,45-/m1/s1. The Hall–Kier alpha value is -3.07. The second-order valence-electron chi connectivity index (χ2n) is 14.1. The van der Waals surface area contributed by atoms with Crippen LogP contribution in [-0.4, -0.2) is 52.3 Å². The minimum absolute atomic E-state index is 0.000545. The molecule has 0 aromatic heterocycles. The van der Waals surface area contributed by atoms with Crippen LogP contribution in [0.1, 0.15) is 162 Å². The zero-order chi connectivity index (χ0) is 41.9. The third-order valence-corrected chi connectivity index (χ3v) is 9.17. The highest BCUT2D eigenvalue weighted by atomic mass is 31.2. The third-order valence-electron chi connectivity index (χ3n) is 8.68. The van der Waals surface area contributed by atoms with E-state index in [2.05, 4.69) is 79.1 Å². The minimum atomic E-state index is -4.81. The molecule has 9 nitrogen and oxygen atoms in total. The summed E-state index contributed by atoms with van der Waals surface area (Å²) in [6.07, 6.45) is 53.0. The summed E-state index contributed by atoms with van der Waals surface area (Å²) >= 11 is 0. The smallest absolute Gasteiger partial charge is 0.462 e. The van der Waals surface area contributed by atoms with Gasteiger partial charge < -0.3 is 24.4 Å². The summed E-state index contributed by atoms with van der Waals surface area (Å²) in [7, 11) is -4.81. The summed E-state index contributed by atoms with van der Waals surface area (Å²) in [6, 6.07) is 0. The van der Waals surface area contributed by atoms with Crippen LogP contribution < -0.4 is 0 Å². The molecule has 0 heterocycles. The Labute approximate surface area is 346 Å². The van der Waals surface area contributed by atoms with Crippen molar-refractivity contribution in [2.45, 2.75) is 174 Å². The fourth-order valence-corrected chi connectivity index (χ4v) is 5.81. The summed E-state index contributed by atoms with van der Waals surface area (Å²) in [6.45, 7) is 3.39. The number of phosphoric acid groups is 1. The van der Waals surface area contributed by atoms with Crippen LogP contribution in [0.25, 0.3) is 0 Å². The number of esters is 2. The molecule has 1 unspecified atom stereocenters. The molecule has 0 fully saturated rings. The molecule has 0 spiro atoms. The lowest BCUT2D eigenvalue weighted by molar-refractivity contribution is -0.161. The lowest BCUT2D eigenvalue weighted by atomic mass is 10.1. The number of carbonyl (C=O) groups is 2. The highest BCUT2D eigenvalue weighted by Gasteiger charge is 2.22. The number of carbonyl (C=O) groups excluding carboxylic acids is 2. The molecule has 0 aromatic carbocycles. The van der Waals surface area contributed by atoms with Crippen molar-refractivity contribution in [2.75, 3.05) is 13.2 Å². The van der Waals surface area contributed by atoms with Crippen molar-refractivity contribution in [3.8, 4) is 0 Å². The van der Waals surface area contributed by atoms with E-state index in [4.69, 9.17) is 19.3 Å². The summed E-state index contributed by atoms with van der Waals surface area (Å²) in [5, 5.41) is 10.2. The van der Waals surface area contributed by atoms with Crippen LogP contribution in [0.15, 0.2) is 97.2 Å². The summed E-state index contributed by atoms with van der Waals surface area (Å²) < 4.78 is 26.3. The zero-order valence-electron chi connectivity index (χ0n) is 35.3. The number of aliphatic hydroxyl groups excluding tert-OH is 1. The van der Waals surface area contributed by atoms with Crippen LogP contribution in [0.5, 0.6) is 0 Å². The normalized spacial score (nSPS) is 14.0. The molecule has 2 atom stereocenters. The van der Waals surface area contributed by atoms with Gasteiger partial charge in [0.15, 0.2) is 6.10 Å². The van der Waals surface area contributed by atoms with Crippen molar-refractivity contribution in [1.82, 2.24) is 0 Å². The largest absolute Gasteiger partial charge is 0.469 e. The van der Waals surface area contributed by atoms with E-state index in [0.29, 0.717) is 19.3 Å². The first-order valence-corrected chi connectivity index (χ1v) is 23.2. The Morgan fingerprint density at radius 3 is 1.68 bits per heavy atom. The monoisotopic (exact) mass is 817 g/mol. The molecule has 57 heavy (non-hydrogen) atoms. The molecule has 0 amide bonds. The van der Waals surface area contributed by atoms with Gasteiger partial charge in [0.2, 0.25) is 0 Å². The highest BCUT2D eigenvalue weighted by Crippen LogP contribution is 2.36. The van der Waals surface area contributed by atoms with Crippen molar-refractivity contribution in [3.63, 3.8) is 0 Å². The number of unbranched alkanes of at least 4 members (excludes halogenated alkanes) is 12. The first-order chi connectivity index (χ1) is 27.7. The number of hydrogen-bond donors (Lipinski definition) is 3. The number of ether oxygens (including phenoxy) is 2. The van der Waals surface area contributed by atoms with Crippen molar-refractivity contribution in [3.05, 3.63) is 97.2 Å². The van der Waals surface area contributed by atoms with Gasteiger partial charge in [-0.15, -0.1) is 0 Å². The van der Waals surface area contributed by atoms with Gasteiger partial charge in [-0.05, 0) is 77.0 Å². The number of phosphoric ester groups is 1. The number of rotatable bonds is 38. The van der Waals surface area contributed by atoms with Gasteiger partial charge >= 0.3 is 19.8 Å². The van der Waals surface area contributed by atoms with Gasteiger partial charge in [0.25, 0.3) is 0 Å². The molecule has 0 aromatic rings. The van der Waals surface area contributed by atoms with E-state index in [1.165, 1.54) is 57.8 Å². The van der Waals surface area contributed by atoms with Gasteiger partial charge in [-0.2, -0.15) is 0 Å². The number of aliphatic hydroxyl groups is 1. The van der Waals surface area contributed by atoms with Crippen molar-refractivity contribution in [1.29, 1.82) is 0 Å². The number of allylic oxidation sites excluding steroid dienone is 14. The van der Waals surface area contributed by atoms with Crippen LogP contribution in [0.4, 0.5) is 0 Å². The lowest BCUT2D eigenvalue weighted by Crippen LogP contribution is -2.29. The van der Waals surface area contributed by atoms with Gasteiger partial charge in [-0.25, -0.2) is 4.57 Å². The van der Waals surface area contributed by atoms with E-state index < -0.39 is 38.6 Å². The molecule has 0 saturated carbocycles. The van der Waals surface area contributed by atoms with Crippen LogP contribution >= 0.6 is 7.82 Å². The fraction of sp³-hybridized carbons (Fsp3) is 0.617. The Balaban J connectivity index is 4.14. The van der Waals surface area contributed by atoms with Gasteiger partial charge in [-0.1, -0.05) is 169 Å². The molecular formula is C47H77O9P. The molecule has 0 saturated heterocycles.